The average molecular weight is 232 g/mol. The molecule has 17 heavy (non-hydrogen) atoms. The molecule has 0 aliphatic heterocycles. The fourth-order valence-corrected chi connectivity index (χ4v) is 1.63. The summed E-state index contributed by atoms with van der Waals surface area (Å²) in [5.41, 5.74) is 2.24. The van der Waals surface area contributed by atoms with Crippen LogP contribution in [0.25, 0.3) is 11.3 Å². The molecule has 0 aromatic carbocycles. The average Bonchev–Trinajstić information content (AvgIpc) is 2.32. The predicted molar refractivity (Wildman–Crippen MR) is 64.1 cm³/mol. The van der Waals surface area contributed by atoms with Gasteiger partial charge in [-0.05, 0) is 19.9 Å². The van der Waals surface area contributed by atoms with Gasteiger partial charge in [-0.3, -0.25) is 4.98 Å². The lowest BCUT2D eigenvalue weighted by molar-refractivity contribution is 0.622. The van der Waals surface area contributed by atoms with E-state index >= 15 is 0 Å². The van der Waals surface area contributed by atoms with E-state index in [-0.39, 0.29) is 5.82 Å². The number of hydrogen-bond donors (Lipinski definition) is 1. The molecular weight excluding hydrogens is 219 g/mol. The van der Waals surface area contributed by atoms with Crippen LogP contribution in [0.3, 0.4) is 0 Å². The molecule has 0 saturated heterocycles. The van der Waals surface area contributed by atoms with Crippen molar-refractivity contribution >= 4 is 5.82 Å². The van der Waals surface area contributed by atoms with Crippen LogP contribution in [0.15, 0.2) is 24.8 Å². The van der Waals surface area contributed by atoms with Gasteiger partial charge >= 0.3 is 0 Å². The summed E-state index contributed by atoms with van der Waals surface area (Å²) < 4.78 is 13.1. The van der Waals surface area contributed by atoms with Crippen molar-refractivity contribution in [3.05, 3.63) is 36.2 Å². The van der Waals surface area contributed by atoms with Crippen LogP contribution in [0.1, 0.15) is 12.5 Å². The molecule has 2 rings (SSSR count). The van der Waals surface area contributed by atoms with Crippen LogP contribution in [-0.2, 0) is 0 Å². The van der Waals surface area contributed by atoms with E-state index in [0.29, 0.717) is 11.3 Å². The molecule has 0 aliphatic rings. The van der Waals surface area contributed by atoms with Crippen molar-refractivity contribution in [3.8, 4) is 11.3 Å². The van der Waals surface area contributed by atoms with Crippen LogP contribution in [-0.4, -0.2) is 21.5 Å². The zero-order valence-corrected chi connectivity index (χ0v) is 9.74. The minimum atomic E-state index is -0.370. The van der Waals surface area contributed by atoms with Crippen molar-refractivity contribution in [2.24, 2.45) is 0 Å². The third-order valence-electron chi connectivity index (χ3n) is 2.41. The first kappa shape index (κ1) is 11.4. The van der Waals surface area contributed by atoms with Crippen molar-refractivity contribution in [2.75, 3.05) is 11.9 Å². The second-order valence-corrected chi connectivity index (χ2v) is 3.62. The van der Waals surface area contributed by atoms with Gasteiger partial charge < -0.3 is 5.32 Å². The summed E-state index contributed by atoms with van der Waals surface area (Å²) in [6.07, 6.45) is 4.23. The summed E-state index contributed by atoms with van der Waals surface area (Å²) in [7, 11) is 0. The van der Waals surface area contributed by atoms with E-state index in [1.807, 2.05) is 13.8 Å². The van der Waals surface area contributed by atoms with Gasteiger partial charge in [0.2, 0.25) is 0 Å². The van der Waals surface area contributed by atoms with E-state index in [0.717, 1.165) is 17.9 Å². The fraction of sp³-hybridized carbons (Fsp3) is 0.250. The van der Waals surface area contributed by atoms with E-state index in [1.165, 1.54) is 18.6 Å². The Bertz CT molecular complexity index is 528. The summed E-state index contributed by atoms with van der Waals surface area (Å²) in [5, 5.41) is 3.14. The molecule has 4 nitrogen and oxygen atoms in total. The van der Waals surface area contributed by atoms with Crippen LogP contribution in [0.4, 0.5) is 10.2 Å². The van der Waals surface area contributed by atoms with Gasteiger partial charge in [-0.2, -0.15) is 0 Å². The lowest BCUT2D eigenvalue weighted by Gasteiger charge is -2.09. The molecule has 0 radical (unpaired) electrons. The highest BCUT2D eigenvalue weighted by Crippen LogP contribution is 2.24. The Morgan fingerprint density at radius 3 is 2.82 bits per heavy atom. The quantitative estimate of drug-likeness (QED) is 0.883. The highest BCUT2D eigenvalue weighted by molar-refractivity contribution is 5.66. The monoisotopic (exact) mass is 232 g/mol. The minimum absolute atomic E-state index is 0.370. The highest BCUT2D eigenvalue weighted by atomic mass is 19.1. The topological polar surface area (TPSA) is 50.7 Å². The first-order valence-electron chi connectivity index (χ1n) is 5.38. The summed E-state index contributed by atoms with van der Waals surface area (Å²) in [6.45, 7) is 4.67. The van der Waals surface area contributed by atoms with Crippen molar-refractivity contribution in [1.82, 2.24) is 15.0 Å². The molecule has 0 fully saturated rings. The molecule has 0 amide bonds. The lowest BCUT2D eigenvalue weighted by Crippen LogP contribution is -2.03. The molecule has 2 heterocycles. The van der Waals surface area contributed by atoms with Crippen LogP contribution >= 0.6 is 0 Å². The Labute approximate surface area is 99.0 Å². The molecule has 0 unspecified atom stereocenters. The molecule has 1 N–H and O–H groups in total. The Morgan fingerprint density at radius 1 is 1.29 bits per heavy atom. The molecule has 5 heteroatoms. The van der Waals surface area contributed by atoms with Gasteiger partial charge in [-0.1, -0.05) is 0 Å². The first-order chi connectivity index (χ1) is 8.22. The third kappa shape index (κ3) is 2.38. The Balaban J connectivity index is 2.49. The van der Waals surface area contributed by atoms with Crippen molar-refractivity contribution in [2.45, 2.75) is 13.8 Å². The zero-order chi connectivity index (χ0) is 12.3. The van der Waals surface area contributed by atoms with Crippen LogP contribution in [0, 0.1) is 12.7 Å². The molecule has 0 aliphatic carbocycles. The molecule has 2 aromatic heterocycles. The van der Waals surface area contributed by atoms with Gasteiger partial charge in [0.1, 0.15) is 18.0 Å². The normalized spacial score (nSPS) is 10.3. The van der Waals surface area contributed by atoms with Crippen LogP contribution in [0.2, 0.25) is 0 Å². The summed E-state index contributed by atoms with van der Waals surface area (Å²) >= 11 is 0. The summed E-state index contributed by atoms with van der Waals surface area (Å²) in [4.78, 5) is 12.1. The predicted octanol–water partition coefficient (Wildman–Crippen LogP) is 2.42. The van der Waals surface area contributed by atoms with E-state index in [1.54, 1.807) is 6.20 Å². The van der Waals surface area contributed by atoms with E-state index in [4.69, 9.17) is 0 Å². The summed E-state index contributed by atoms with van der Waals surface area (Å²) in [5.74, 6) is 0.396. The first-order valence-corrected chi connectivity index (χ1v) is 5.38. The van der Waals surface area contributed by atoms with Gasteiger partial charge in [0, 0.05) is 23.9 Å². The van der Waals surface area contributed by atoms with Crippen LogP contribution < -0.4 is 5.32 Å². The van der Waals surface area contributed by atoms with E-state index < -0.39 is 0 Å². The molecule has 2 aromatic rings. The molecule has 88 valence electrons. The van der Waals surface area contributed by atoms with Crippen molar-refractivity contribution in [3.63, 3.8) is 0 Å². The number of nitrogens with one attached hydrogen (secondary N) is 1. The summed E-state index contributed by atoms with van der Waals surface area (Å²) in [6, 6.07) is 1.41. The number of rotatable bonds is 3. The third-order valence-corrected chi connectivity index (χ3v) is 2.41. The maximum absolute atomic E-state index is 13.1. The van der Waals surface area contributed by atoms with Gasteiger partial charge in [0.25, 0.3) is 0 Å². The van der Waals surface area contributed by atoms with E-state index in [2.05, 4.69) is 20.3 Å². The number of hydrogen-bond acceptors (Lipinski definition) is 4. The SMILES string of the molecule is CCNc1ncnc(-c2cncc(F)c2)c1C. The van der Waals surface area contributed by atoms with Crippen LogP contribution in [0.5, 0.6) is 0 Å². The van der Waals surface area contributed by atoms with Gasteiger partial charge in [0.05, 0.1) is 11.9 Å². The number of anilines is 1. The number of pyridine rings is 1. The Hall–Kier alpha value is -2.04. The number of aromatic nitrogens is 3. The standard InChI is InChI=1S/C12H13FN4/c1-3-15-12-8(2)11(16-7-17-12)9-4-10(13)6-14-5-9/h4-7H,3H2,1-2H3,(H,15,16,17). The minimum Gasteiger partial charge on any atom is -0.370 e. The second kappa shape index (κ2) is 4.86. The lowest BCUT2D eigenvalue weighted by atomic mass is 10.1. The van der Waals surface area contributed by atoms with Gasteiger partial charge in [0.15, 0.2) is 0 Å². The maximum atomic E-state index is 13.1. The Kier molecular flexibility index (Phi) is 3.27. The fourth-order valence-electron chi connectivity index (χ4n) is 1.63. The second-order valence-electron chi connectivity index (χ2n) is 3.62. The van der Waals surface area contributed by atoms with Gasteiger partial charge in [-0.15, -0.1) is 0 Å². The van der Waals surface area contributed by atoms with Gasteiger partial charge in [-0.25, -0.2) is 14.4 Å². The molecule has 0 spiro atoms. The molecular formula is C12H13FN4. The number of halogens is 1. The molecule has 0 atom stereocenters. The Morgan fingerprint density at radius 2 is 2.12 bits per heavy atom. The van der Waals surface area contributed by atoms with E-state index in [9.17, 15) is 4.39 Å². The smallest absolute Gasteiger partial charge is 0.142 e. The molecule has 0 bridgehead atoms. The van der Waals surface area contributed by atoms with Crippen molar-refractivity contribution < 1.29 is 4.39 Å². The highest BCUT2D eigenvalue weighted by Gasteiger charge is 2.09. The zero-order valence-electron chi connectivity index (χ0n) is 9.74. The maximum Gasteiger partial charge on any atom is 0.142 e. The largest absolute Gasteiger partial charge is 0.370 e. The number of nitrogens with zero attached hydrogens (tertiary/aromatic N) is 3. The molecule has 0 saturated carbocycles. The van der Waals surface area contributed by atoms with Crippen molar-refractivity contribution in [1.29, 1.82) is 0 Å².